The quantitative estimate of drug-likeness (QED) is 0.581. The Balaban J connectivity index is 2.23. The van der Waals surface area contributed by atoms with Crippen molar-refractivity contribution in [1.82, 2.24) is 0 Å². The zero-order valence-electron chi connectivity index (χ0n) is 9.44. The lowest BCUT2D eigenvalue weighted by molar-refractivity contribution is 0.104. The monoisotopic (exact) mass is 276 g/mol. The van der Waals surface area contributed by atoms with E-state index in [2.05, 4.69) is 0 Å². The average molecular weight is 277 g/mol. The zero-order chi connectivity index (χ0) is 13.0. The Hall–Kier alpha value is -1.57. The Morgan fingerprint density at radius 3 is 2.17 bits per heavy atom. The van der Waals surface area contributed by atoms with Crippen molar-refractivity contribution in [2.24, 2.45) is 0 Å². The van der Waals surface area contributed by atoms with Gasteiger partial charge in [-0.05, 0) is 23.8 Å². The van der Waals surface area contributed by atoms with Gasteiger partial charge in [0.05, 0.1) is 5.03 Å². The van der Waals surface area contributed by atoms with Gasteiger partial charge in [-0.15, -0.1) is 0 Å². The summed E-state index contributed by atoms with van der Waals surface area (Å²) < 4.78 is 0. The molecule has 0 spiro atoms. The molecule has 0 unspecified atom stereocenters. The summed E-state index contributed by atoms with van der Waals surface area (Å²) >= 11 is 11.8. The molecule has 0 radical (unpaired) electrons. The van der Waals surface area contributed by atoms with Crippen LogP contribution < -0.4 is 0 Å². The van der Waals surface area contributed by atoms with E-state index in [1.165, 1.54) is 0 Å². The number of carbonyl (C=O) groups excluding carboxylic acids is 1. The van der Waals surface area contributed by atoms with Crippen LogP contribution in [0.15, 0.2) is 59.6 Å². The van der Waals surface area contributed by atoms with Crippen LogP contribution in [0.3, 0.4) is 0 Å². The van der Waals surface area contributed by atoms with E-state index in [-0.39, 0.29) is 10.8 Å². The smallest absolute Gasteiger partial charge is 0.204 e. The summed E-state index contributed by atoms with van der Waals surface area (Å²) in [5, 5.41) is 0.834. The Kier molecular flexibility index (Phi) is 4.19. The van der Waals surface area contributed by atoms with Crippen molar-refractivity contribution >= 4 is 35.1 Å². The molecule has 3 heteroatoms. The van der Waals surface area contributed by atoms with Crippen LogP contribution in [0, 0.1) is 0 Å². The van der Waals surface area contributed by atoms with Crippen LogP contribution in [0.1, 0.15) is 15.9 Å². The Labute approximate surface area is 116 Å². The number of carbonyl (C=O) groups is 1. The van der Waals surface area contributed by atoms with Crippen molar-refractivity contribution in [3.63, 3.8) is 0 Å². The minimum Gasteiger partial charge on any atom is -0.288 e. The van der Waals surface area contributed by atoms with Crippen molar-refractivity contribution in [3.8, 4) is 0 Å². The van der Waals surface area contributed by atoms with E-state index in [1.54, 1.807) is 42.5 Å². The number of ketones is 1. The summed E-state index contributed by atoms with van der Waals surface area (Å²) in [6.07, 6.45) is 1.63. The van der Waals surface area contributed by atoms with Gasteiger partial charge in [-0.25, -0.2) is 0 Å². The molecule has 0 heterocycles. The van der Waals surface area contributed by atoms with Crippen molar-refractivity contribution in [3.05, 3.63) is 75.8 Å². The molecule has 0 saturated carbocycles. The minimum absolute atomic E-state index is 0.184. The second-order valence-electron chi connectivity index (χ2n) is 3.74. The summed E-state index contributed by atoms with van der Waals surface area (Å²) in [5.74, 6) is -0.188. The van der Waals surface area contributed by atoms with Crippen LogP contribution in [0.2, 0.25) is 5.02 Å². The molecule has 1 nitrogen and oxygen atoms in total. The van der Waals surface area contributed by atoms with Gasteiger partial charge in [-0.3, -0.25) is 4.79 Å². The van der Waals surface area contributed by atoms with Crippen LogP contribution in [0.25, 0.3) is 6.08 Å². The van der Waals surface area contributed by atoms with Crippen LogP contribution in [0.5, 0.6) is 0 Å². The van der Waals surface area contributed by atoms with Crippen molar-refractivity contribution in [2.45, 2.75) is 0 Å². The second kappa shape index (κ2) is 5.85. The molecule has 0 aliphatic carbocycles. The molecular formula is C15H10Cl2O. The molecule has 0 N–H and O–H groups in total. The third kappa shape index (κ3) is 3.22. The minimum atomic E-state index is -0.188. The van der Waals surface area contributed by atoms with E-state index in [9.17, 15) is 4.79 Å². The van der Waals surface area contributed by atoms with Crippen LogP contribution in [-0.4, -0.2) is 5.78 Å². The van der Waals surface area contributed by atoms with Gasteiger partial charge in [0.2, 0.25) is 5.78 Å². The van der Waals surface area contributed by atoms with Gasteiger partial charge in [0.25, 0.3) is 0 Å². The number of hydrogen-bond donors (Lipinski definition) is 0. The highest BCUT2D eigenvalue weighted by molar-refractivity contribution is 6.47. The maximum atomic E-state index is 12.0. The number of benzene rings is 2. The van der Waals surface area contributed by atoms with E-state index < -0.39 is 0 Å². The predicted octanol–water partition coefficient (Wildman–Crippen LogP) is 4.80. The van der Waals surface area contributed by atoms with E-state index >= 15 is 0 Å². The molecule has 2 aromatic rings. The first-order valence-corrected chi connectivity index (χ1v) is 6.15. The number of halogens is 2. The highest BCUT2D eigenvalue weighted by atomic mass is 35.5. The summed E-state index contributed by atoms with van der Waals surface area (Å²) in [7, 11) is 0. The van der Waals surface area contributed by atoms with E-state index in [1.807, 2.05) is 18.2 Å². The molecule has 0 saturated heterocycles. The lowest BCUT2D eigenvalue weighted by atomic mass is 10.1. The fourth-order valence-electron chi connectivity index (χ4n) is 1.50. The van der Waals surface area contributed by atoms with Gasteiger partial charge < -0.3 is 0 Å². The third-order valence-electron chi connectivity index (χ3n) is 2.42. The maximum Gasteiger partial charge on any atom is 0.204 e. The Morgan fingerprint density at radius 1 is 0.944 bits per heavy atom. The predicted molar refractivity (Wildman–Crippen MR) is 76.1 cm³/mol. The fraction of sp³-hybridized carbons (Fsp3) is 0. The molecule has 2 rings (SSSR count). The van der Waals surface area contributed by atoms with E-state index in [0.717, 1.165) is 5.56 Å². The molecule has 0 bridgehead atoms. The molecule has 0 aliphatic heterocycles. The van der Waals surface area contributed by atoms with Gasteiger partial charge >= 0.3 is 0 Å². The van der Waals surface area contributed by atoms with E-state index in [4.69, 9.17) is 23.2 Å². The highest BCUT2D eigenvalue weighted by Gasteiger charge is 2.09. The van der Waals surface area contributed by atoms with Gasteiger partial charge in [0.15, 0.2) is 0 Å². The number of Topliss-reactive ketones (excluding diaryl/α,β-unsaturated/α-hetero) is 1. The van der Waals surface area contributed by atoms with Gasteiger partial charge in [-0.1, -0.05) is 65.7 Å². The molecule has 2 aromatic carbocycles. The lowest BCUT2D eigenvalue weighted by Crippen LogP contribution is -1.98. The SMILES string of the molecule is O=C(C(Cl)=Cc1ccc(Cl)cc1)c1ccccc1. The Morgan fingerprint density at radius 2 is 1.56 bits per heavy atom. The van der Waals surface area contributed by atoms with Crippen LogP contribution >= 0.6 is 23.2 Å². The molecule has 0 atom stereocenters. The topological polar surface area (TPSA) is 17.1 Å². The summed E-state index contributed by atoms with van der Waals surface area (Å²) in [5.41, 5.74) is 1.42. The molecule has 0 aromatic heterocycles. The summed E-state index contributed by atoms with van der Waals surface area (Å²) in [6, 6.07) is 16.1. The highest BCUT2D eigenvalue weighted by Crippen LogP contribution is 2.17. The first-order chi connectivity index (χ1) is 8.66. The van der Waals surface area contributed by atoms with Gasteiger partial charge in [-0.2, -0.15) is 0 Å². The summed E-state index contributed by atoms with van der Waals surface area (Å²) in [4.78, 5) is 12.0. The standard InChI is InChI=1S/C15H10Cl2O/c16-13-8-6-11(7-9-13)10-14(17)15(18)12-4-2-1-3-5-12/h1-10H. The first kappa shape index (κ1) is 12.9. The van der Waals surface area contributed by atoms with Crippen molar-refractivity contribution in [1.29, 1.82) is 0 Å². The average Bonchev–Trinajstić information content (AvgIpc) is 2.41. The number of hydrogen-bond acceptors (Lipinski definition) is 1. The van der Waals surface area contributed by atoms with Gasteiger partial charge in [0.1, 0.15) is 0 Å². The van der Waals surface area contributed by atoms with E-state index in [0.29, 0.717) is 10.6 Å². The molecule has 18 heavy (non-hydrogen) atoms. The molecule has 0 aliphatic rings. The number of allylic oxidation sites excluding steroid dienone is 1. The van der Waals surface area contributed by atoms with Gasteiger partial charge in [0, 0.05) is 10.6 Å². The lowest BCUT2D eigenvalue weighted by Gasteiger charge is -2.00. The first-order valence-electron chi connectivity index (χ1n) is 5.39. The van der Waals surface area contributed by atoms with Crippen LogP contribution in [-0.2, 0) is 0 Å². The Bertz CT molecular complexity index is 571. The molecule has 0 amide bonds. The normalized spacial score (nSPS) is 11.3. The largest absolute Gasteiger partial charge is 0.288 e. The molecule has 0 fully saturated rings. The second-order valence-corrected chi connectivity index (χ2v) is 4.58. The molecule has 90 valence electrons. The maximum absolute atomic E-state index is 12.0. The summed E-state index contributed by atoms with van der Waals surface area (Å²) in [6.45, 7) is 0. The fourth-order valence-corrected chi connectivity index (χ4v) is 1.86. The number of rotatable bonds is 3. The molecular weight excluding hydrogens is 267 g/mol. The third-order valence-corrected chi connectivity index (χ3v) is 2.95. The zero-order valence-corrected chi connectivity index (χ0v) is 10.9. The van der Waals surface area contributed by atoms with Crippen LogP contribution in [0.4, 0.5) is 0 Å². The van der Waals surface area contributed by atoms with Crippen molar-refractivity contribution < 1.29 is 4.79 Å². The van der Waals surface area contributed by atoms with Crippen molar-refractivity contribution in [2.75, 3.05) is 0 Å².